The van der Waals surface area contributed by atoms with E-state index in [2.05, 4.69) is 20.8 Å². The molecule has 10 heteroatoms. The summed E-state index contributed by atoms with van der Waals surface area (Å²) in [5, 5.41) is 52.9. The van der Waals surface area contributed by atoms with E-state index in [0.717, 1.165) is 17.3 Å². The number of aliphatic imine (C=N–C) groups is 1. The van der Waals surface area contributed by atoms with Gasteiger partial charge in [0.1, 0.15) is 30.1 Å². The molecule has 0 saturated carbocycles. The molecular formula is C17H22N4O6. The normalized spacial score (nSPS) is 20.3. The number of hydrazone groups is 1. The van der Waals surface area contributed by atoms with Crippen molar-refractivity contribution in [2.24, 2.45) is 10.1 Å². The average Bonchev–Trinajstić information content (AvgIpc) is 3.00. The van der Waals surface area contributed by atoms with Gasteiger partial charge >= 0.3 is 0 Å². The summed E-state index contributed by atoms with van der Waals surface area (Å²) >= 11 is 0. The number of nitrogens with one attached hydrogen (secondary N) is 2. The number of carbonyl (C=O) groups excluding carboxylic acids is 1. The molecule has 0 spiro atoms. The molecule has 2 rings (SSSR count). The van der Waals surface area contributed by atoms with Gasteiger partial charge in [0.25, 0.3) is 5.91 Å². The fraction of sp³-hybridized carbons (Fsp3) is 0.353. The SMILES string of the molecule is Cc1ccc(/C=C2\N=C(NN=C[C@H](O)[C@@H](O)[C@H](O)[C@H](O)CO)NC2=O)cc1. The Hall–Kier alpha value is -2.63. The lowest BCUT2D eigenvalue weighted by Gasteiger charge is -2.23. The van der Waals surface area contributed by atoms with E-state index in [1.165, 1.54) is 0 Å². The second-order valence-corrected chi connectivity index (χ2v) is 5.97. The zero-order chi connectivity index (χ0) is 20.0. The topological polar surface area (TPSA) is 167 Å². The van der Waals surface area contributed by atoms with Crippen LogP contribution < -0.4 is 10.7 Å². The van der Waals surface area contributed by atoms with E-state index >= 15 is 0 Å². The minimum absolute atomic E-state index is 0.0206. The van der Waals surface area contributed by atoms with Crippen molar-refractivity contribution in [3.63, 3.8) is 0 Å². The molecule has 1 aromatic rings. The lowest BCUT2D eigenvalue weighted by Crippen LogP contribution is -2.46. The minimum Gasteiger partial charge on any atom is -0.394 e. The van der Waals surface area contributed by atoms with E-state index in [-0.39, 0.29) is 11.7 Å². The van der Waals surface area contributed by atoms with Gasteiger partial charge in [0.15, 0.2) is 0 Å². The number of aliphatic hydroxyl groups excluding tert-OH is 5. The molecule has 1 aliphatic heterocycles. The first kappa shape index (κ1) is 20.7. The molecule has 0 unspecified atom stereocenters. The maximum atomic E-state index is 11.9. The van der Waals surface area contributed by atoms with Gasteiger partial charge < -0.3 is 25.5 Å². The predicted octanol–water partition coefficient (Wildman–Crippen LogP) is -2.17. The highest BCUT2D eigenvalue weighted by Crippen LogP contribution is 2.12. The number of carbonyl (C=O) groups is 1. The highest BCUT2D eigenvalue weighted by molar-refractivity contribution is 6.13. The second kappa shape index (κ2) is 9.35. The quantitative estimate of drug-likeness (QED) is 0.161. The molecule has 1 aromatic carbocycles. The van der Waals surface area contributed by atoms with E-state index in [4.69, 9.17) is 5.11 Å². The van der Waals surface area contributed by atoms with Crippen LogP contribution in [-0.4, -0.2) is 74.6 Å². The largest absolute Gasteiger partial charge is 0.394 e. The molecule has 0 aromatic heterocycles. The summed E-state index contributed by atoms with van der Waals surface area (Å²) in [6, 6.07) is 7.50. The molecule has 146 valence electrons. The number of rotatable bonds is 7. The Morgan fingerprint density at radius 3 is 2.48 bits per heavy atom. The van der Waals surface area contributed by atoms with Crippen molar-refractivity contribution in [1.82, 2.24) is 10.7 Å². The monoisotopic (exact) mass is 378 g/mol. The Bertz CT molecular complexity index is 746. The van der Waals surface area contributed by atoms with Gasteiger partial charge in [0.05, 0.1) is 12.8 Å². The Balaban J connectivity index is 1.96. The fourth-order valence-electron chi connectivity index (χ4n) is 2.14. The van der Waals surface area contributed by atoms with E-state index < -0.39 is 36.9 Å². The molecule has 0 radical (unpaired) electrons. The van der Waals surface area contributed by atoms with Crippen LogP contribution >= 0.6 is 0 Å². The summed E-state index contributed by atoms with van der Waals surface area (Å²) in [4.78, 5) is 15.9. The molecular weight excluding hydrogens is 356 g/mol. The summed E-state index contributed by atoms with van der Waals surface area (Å²) in [6.45, 7) is 1.17. The zero-order valence-electron chi connectivity index (χ0n) is 14.5. The lowest BCUT2D eigenvalue weighted by atomic mass is 10.0. The summed E-state index contributed by atoms with van der Waals surface area (Å²) < 4.78 is 0. The number of benzene rings is 1. The summed E-state index contributed by atoms with van der Waals surface area (Å²) in [7, 11) is 0. The van der Waals surface area contributed by atoms with Crippen molar-refractivity contribution in [3.05, 3.63) is 41.1 Å². The molecule has 1 heterocycles. The molecule has 0 fully saturated rings. The van der Waals surface area contributed by atoms with Gasteiger partial charge in [-0.05, 0) is 18.6 Å². The third-order valence-electron chi connectivity index (χ3n) is 3.76. The van der Waals surface area contributed by atoms with Crippen molar-refractivity contribution in [2.75, 3.05) is 6.61 Å². The first-order chi connectivity index (χ1) is 12.8. The number of amides is 1. The molecule has 27 heavy (non-hydrogen) atoms. The van der Waals surface area contributed by atoms with Crippen LogP contribution in [0.5, 0.6) is 0 Å². The number of guanidine groups is 1. The van der Waals surface area contributed by atoms with Gasteiger partial charge in [-0.2, -0.15) is 5.10 Å². The van der Waals surface area contributed by atoms with Crippen LogP contribution in [0.1, 0.15) is 11.1 Å². The average molecular weight is 378 g/mol. The Labute approximate surface area is 155 Å². The standard InChI is InChI=1S/C17H22N4O6/c1-9-2-4-10(5-3-9)6-11-16(27)20-17(19-11)21-18-7-12(23)14(25)15(26)13(24)8-22/h2-7,12-15,22-26H,8H2,1H3,(H2,19,20,21,27)/b11-6-,18-7?/t12-,13+,14+,15+/m0/s1. The Morgan fingerprint density at radius 1 is 1.19 bits per heavy atom. The summed E-state index contributed by atoms with van der Waals surface area (Å²) in [6.07, 6.45) is -4.32. The van der Waals surface area contributed by atoms with Gasteiger partial charge in [-0.1, -0.05) is 29.8 Å². The van der Waals surface area contributed by atoms with Gasteiger partial charge in [-0.15, -0.1) is 0 Å². The van der Waals surface area contributed by atoms with Gasteiger partial charge in [-0.3, -0.25) is 10.1 Å². The van der Waals surface area contributed by atoms with Crippen molar-refractivity contribution >= 4 is 24.2 Å². The first-order valence-corrected chi connectivity index (χ1v) is 8.12. The molecule has 0 bridgehead atoms. The minimum atomic E-state index is -1.77. The molecule has 10 nitrogen and oxygen atoms in total. The van der Waals surface area contributed by atoms with Crippen molar-refractivity contribution < 1.29 is 30.3 Å². The van der Waals surface area contributed by atoms with Crippen LogP contribution in [0.4, 0.5) is 0 Å². The van der Waals surface area contributed by atoms with Crippen LogP contribution in [0.2, 0.25) is 0 Å². The van der Waals surface area contributed by atoms with Crippen LogP contribution in [0.25, 0.3) is 6.08 Å². The van der Waals surface area contributed by atoms with Crippen LogP contribution in [-0.2, 0) is 4.79 Å². The highest BCUT2D eigenvalue weighted by atomic mass is 16.4. The highest BCUT2D eigenvalue weighted by Gasteiger charge is 2.29. The van der Waals surface area contributed by atoms with Crippen molar-refractivity contribution in [1.29, 1.82) is 0 Å². The number of aliphatic hydroxyl groups is 5. The number of nitrogens with zero attached hydrogens (tertiary/aromatic N) is 2. The van der Waals surface area contributed by atoms with Gasteiger partial charge in [0, 0.05) is 0 Å². The molecule has 0 aliphatic carbocycles. The summed E-state index contributed by atoms with van der Waals surface area (Å²) in [5.74, 6) is -0.414. The number of hydrogen-bond acceptors (Lipinski definition) is 9. The first-order valence-electron chi connectivity index (χ1n) is 8.12. The van der Waals surface area contributed by atoms with Crippen LogP contribution in [0, 0.1) is 6.92 Å². The number of hydrogen-bond donors (Lipinski definition) is 7. The number of aryl methyl sites for hydroxylation is 1. The lowest BCUT2D eigenvalue weighted by molar-refractivity contribution is -0.115. The third-order valence-corrected chi connectivity index (χ3v) is 3.76. The maximum absolute atomic E-state index is 11.9. The van der Waals surface area contributed by atoms with Crippen molar-refractivity contribution in [2.45, 2.75) is 31.3 Å². The molecule has 7 N–H and O–H groups in total. The summed E-state index contributed by atoms with van der Waals surface area (Å²) in [5.41, 5.74) is 4.44. The van der Waals surface area contributed by atoms with E-state index in [1.807, 2.05) is 31.2 Å². The predicted molar refractivity (Wildman–Crippen MR) is 97.5 cm³/mol. The van der Waals surface area contributed by atoms with Crippen molar-refractivity contribution in [3.8, 4) is 0 Å². The molecule has 1 amide bonds. The molecule has 1 aliphatic rings. The van der Waals surface area contributed by atoms with E-state index in [0.29, 0.717) is 0 Å². The van der Waals surface area contributed by atoms with Crippen LogP contribution in [0.3, 0.4) is 0 Å². The smallest absolute Gasteiger partial charge is 0.276 e. The third kappa shape index (κ3) is 5.67. The maximum Gasteiger partial charge on any atom is 0.276 e. The Morgan fingerprint density at radius 2 is 1.85 bits per heavy atom. The molecule has 0 saturated heterocycles. The van der Waals surface area contributed by atoms with Gasteiger partial charge in [-0.25, -0.2) is 10.4 Å². The zero-order valence-corrected chi connectivity index (χ0v) is 14.5. The van der Waals surface area contributed by atoms with E-state index in [9.17, 15) is 25.2 Å². The van der Waals surface area contributed by atoms with E-state index in [1.54, 1.807) is 6.08 Å². The fourth-order valence-corrected chi connectivity index (χ4v) is 2.14. The Kier molecular flexibility index (Phi) is 7.16. The second-order valence-electron chi connectivity index (χ2n) is 5.97. The van der Waals surface area contributed by atoms with Gasteiger partial charge in [0.2, 0.25) is 5.96 Å². The molecule has 4 atom stereocenters. The van der Waals surface area contributed by atoms with Crippen LogP contribution in [0.15, 0.2) is 40.1 Å².